The highest BCUT2D eigenvalue weighted by molar-refractivity contribution is 4.91. The number of nitrogens with zero attached hydrogens (tertiary/aromatic N) is 2. The maximum atomic E-state index is 3.70. The van der Waals surface area contributed by atoms with Gasteiger partial charge >= 0.3 is 0 Å². The maximum Gasteiger partial charge on any atom is 0.0277 e. The predicted octanol–water partition coefficient (Wildman–Crippen LogP) is 1.40. The second-order valence-electron chi connectivity index (χ2n) is 6.65. The van der Waals surface area contributed by atoms with Crippen LogP contribution in [0.15, 0.2) is 0 Å². The number of piperidine rings is 1. The van der Waals surface area contributed by atoms with Crippen LogP contribution in [0, 0.1) is 5.92 Å². The van der Waals surface area contributed by atoms with Gasteiger partial charge < -0.3 is 5.32 Å². The number of hydrogen-bond acceptors (Lipinski definition) is 3. The van der Waals surface area contributed by atoms with Crippen LogP contribution in [0.2, 0.25) is 0 Å². The Kier molecular flexibility index (Phi) is 4.11. The maximum absolute atomic E-state index is 3.70. The van der Waals surface area contributed by atoms with Gasteiger partial charge in [0.2, 0.25) is 0 Å². The van der Waals surface area contributed by atoms with Crippen molar-refractivity contribution < 1.29 is 0 Å². The smallest absolute Gasteiger partial charge is 0.0277 e. The van der Waals surface area contributed by atoms with Crippen LogP contribution < -0.4 is 5.32 Å². The molecule has 3 nitrogen and oxygen atoms in total. The molecule has 2 fully saturated rings. The third-order valence-corrected chi connectivity index (χ3v) is 4.78. The van der Waals surface area contributed by atoms with Gasteiger partial charge in [0, 0.05) is 37.8 Å². The lowest BCUT2D eigenvalue weighted by molar-refractivity contribution is 0.0299. The Labute approximate surface area is 107 Å². The Hall–Kier alpha value is -0.120. The fourth-order valence-electron chi connectivity index (χ4n) is 3.13. The van der Waals surface area contributed by atoms with E-state index in [1.54, 1.807) is 0 Å². The molecule has 17 heavy (non-hydrogen) atoms. The molecule has 0 amide bonds. The van der Waals surface area contributed by atoms with Gasteiger partial charge in [-0.05, 0) is 46.2 Å². The molecule has 0 saturated carbocycles. The highest BCUT2D eigenvalue weighted by Crippen LogP contribution is 2.21. The minimum Gasteiger partial charge on any atom is -0.312 e. The van der Waals surface area contributed by atoms with Crippen molar-refractivity contribution in [3.8, 4) is 0 Å². The minimum absolute atomic E-state index is 0.330. The number of rotatable bonds is 2. The van der Waals surface area contributed by atoms with Gasteiger partial charge in [-0.1, -0.05) is 6.92 Å². The highest BCUT2D eigenvalue weighted by atomic mass is 15.3. The molecule has 0 aliphatic carbocycles. The average molecular weight is 239 g/mol. The SMILES string of the molecule is CC1CCCNC1CN1CCN(C)C(C)(C)C1. The molecule has 3 heteroatoms. The first-order valence-corrected chi connectivity index (χ1v) is 7.16. The number of likely N-dealkylation sites (N-methyl/N-ethyl adjacent to an activating group) is 1. The third kappa shape index (κ3) is 3.21. The Balaban J connectivity index is 1.87. The number of nitrogens with one attached hydrogen (secondary N) is 1. The van der Waals surface area contributed by atoms with Crippen molar-refractivity contribution in [2.45, 2.75) is 45.2 Å². The van der Waals surface area contributed by atoms with Crippen molar-refractivity contribution in [1.82, 2.24) is 15.1 Å². The molecular weight excluding hydrogens is 210 g/mol. The van der Waals surface area contributed by atoms with Crippen molar-refractivity contribution in [2.75, 3.05) is 39.8 Å². The van der Waals surface area contributed by atoms with Gasteiger partial charge in [0.05, 0.1) is 0 Å². The number of piperazine rings is 1. The molecule has 0 aromatic heterocycles. The molecule has 100 valence electrons. The molecule has 0 spiro atoms. The standard InChI is InChI=1S/C14H29N3/c1-12-6-5-7-15-13(12)10-17-9-8-16(4)14(2,3)11-17/h12-13,15H,5-11H2,1-4H3. The zero-order valence-electron chi connectivity index (χ0n) is 12.0. The highest BCUT2D eigenvalue weighted by Gasteiger charge is 2.32. The number of hydrogen-bond donors (Lipinski definition) is 1. The van der Waals surface area contributed by atoms with E-state index in [9.17, 15) is 0 Å². The molecule has 2 aliphatic heterocycles. The van der Waals surface area contributed by atoms with Gasteiger partial charge in [-0.3, -0.25) is 9.80 Å². The van der Waals surface area contributed by atoms with Gasteiger partial charge in [-0.2, -0.15) is 0 Å². The van der Waals surface area contributed by atoms with Gasteiger partial charge in [0.15, 0.2) is 0 Å². The summed E-state index contributed by atoms with van der Waals surface area (Å²) in [5, 5.41) is 3.70. The first kappa shape index (κ1) is 13.3. The van der Waals surface area contributed by atoms with Gasteiger partial charge in [-0.25, -0.2) is 0 Å². The minimum atomic E-state index is 0.330. The quantitative estimate of drug-likeness (QED) is 0.786. The second kappa shape index (κ2) is 5.25. The van der Waals surface area contributed by atoms with Crippen LogP contribution >= 0.6 is 0 Å². The molecule has 2 aliphatic rings. The molecule has 0 radical (unpaired) electrons. The van der Waals surface area contributed by atoms with E-state index in [1.165, 1.54) is 45.6 Å². The third-order valence-electron chi connectivity index (χ3n) is 4.78. The molecule has 2 unspecified atom stereocenters. The largest absolute Gasteiger partial charge is 0.312 e. The monoisotopic (exact) mass is 239 g/mol. The van der Waals surface area contributed by atoms with Crippen molar-refractivity contribution in [3.63, 3.8) is 0 Å². The molecule has 2 rings (SSSR count). The van der Waals surface area contributed by atoms with Gasteiger partial charge in [0.1, 0.15) is 0 Å². The van der Waals surface area contributed by atoms with E-state index in [1.807, 2.05) is 0 Å². The van der Waals surface area contributed by atoms with Crippen molar-refractivity contribution >= 4 is 0 Å². The normalized spacial score (nSPS) is 36.0. The first-order valence-electron chi connectivity index (χ1n) is 7.16. The fraction of sp³-hybridized carbons (Fsp3) is 1.00. The van der Waals surface area contributed by atoms with Crippen LogP contribution in [0.4, 0.5) is 0 Å². The first-order chi connectivity index (χ1) is 7.99. The van der Waals surface area contributed by atoms with Gasteiger partial charge in [-0.15, -0.1) is 0 Å². The molecule has 1 N–H and O–H groups in total. The van der Waals surface area contributed by atoms with Gasteiger partial charge in [0.25, 0.3) is 0 Å². The molecule has 2 saturated heterocycles. The molecule has 2 heterocycles. The van der Waals surface area contributed by atoms with Crippen molar-refractivity contribution in [3.05, 3.63) is 0 Å². The summed E-state index contributed by atoms with van der Waals surface area (Å²) in [5.74, 6) is 0.839. The van der Waals surface area contributed by atoms with E-state index in [0.717, 1.165) is 5.92 Å². The summed E-state index contributed by atoms with van der Waals surface area (Å²) in [6, 6.07) is 0.711. The zero-order valence-corrected chi connectivity index (χ0v) is 12.0. The Morgan fingerprint density at radius 3 is 2.71 bits per heavy atom. The Morgan fingerprint density at radius 1 is 1.29 bits per heavy atom. The lowest BCUT2D eigenvalue weighted by Crippen LogP contribution is -2.60. The van der Waals surface area contributed by atoms with E-state index in [4.69, 9.17) is 0 Å². The second-order valence-corrected chi connectivity index (χ2v) is 6.65. The fourth-order valence-corrected chi connectivity index (χ4v) is 3.13. The lowest BCUT2D eigenvalue weighted by Gasteiger charge is -2.47. The predicted molar refractivity (Wildman–Crippen MR) is 73.3 cm³/mol. The summed E-state index contributed by atoms with van der Waals surface area (Å²) in [7, 11) is 2.25. The summed E-state index contributed by atoms with van der Waals surface area (Å²) in [6.07, 6.45) is 2.75. The molecule has 0 bridgehead atoms. The van der Waals surface area contributed by atoms with E-state index < -0.39 is 0 Å². The van der Waals surface area contributed by atoms with E-state index in [2.05, 4.69) is 42.9 Å². The van der Waals surface area contributed by atoms with Crippen molar-refractivity contribution in [1.29, 1.82) is 0 Å². The molecule has 0 aromatic carbocycles. The summed E-state index contributed by atoms with van der Waals surface area (Å²) in [4.78, 5) is 5.14. The lowest BCUT2D eigenvalue weighted by atomic mass is 9.91. The van der Waals surface area contributed by atoms with E-state index >= 15 is 0 Å². The van der Waals surface area contributed by atoms with E-state index in [-0.39, 0.29) is 0 Å². The van der Waals surface area contributed by atoms with Crippen LogP contribution in [-0.4, -0.2) is 61.2 Å². The molecule has 2 atom stereocenters. The average Bonchev–Trinajstić information content (AvgIpc) is 2.26. The molecule has 0 aromatic rings. The summed E-state index contributed by atoms with van der Waals surface area (Å²) < 4.78 is 0. The van der Waals surface area contributed by atoms with Crippen molar-refractivity contribution in [2.24, 2.45) is 5.92 Å². The van der Waals surface area contributed by atoms with Crippen LogP contribution in [0.3, 0.4) is 0 Å². The summed E-state index contributed by atoms with van der Waals surface area (Å²) in [6.45, 7) is 13.2. The zero-order chi connectivity index (χ0) is 12.5. The molecular formula is C14H29N3. The topological polar surface area (TPSA) is 18.5 Å². The Bertz CT molecular complexity index is 252. The summed E-state index contributed by atoms with van der Waals surface area (Å²) in [5.41, 5.74) is 0.330. The van der Waals surface area contributed by atoms with Crippen LogP contribution in [0.25, 0.3) is 0 Å². The van der Waals surface area contributed by atoms with Crippen LogP contribution in [0.5, 0.6) is 0 Å². The van der Waals surface area contributed by atoms with Crippen LogP contribution in [0.1, 0.15) is 33.6 Å². The Morgan fingerprint density at radius 2 is 2.06 bits per heavy atom. The van der Waals surface area contributed by atoms with Crippen LogP contribution in [-0.2, 0) is 0 Å². The van der Waals surface area contributed by atoms with E-state index in [0.29, 0.717) is 11.6 Å². The summed E-state index contributed by atoms with van der Waals surface area (Å²) >= 11 is 0.